The molecule has 0 saturated carbocycles. The summed E-state index contributed by atoms with van der Waals surface area (Å²) in [5.41, 5.74) is 9.52. The third-order valence-electron chi connectivity index (χ3n) is 7.01. The highest BCUT2D eigenvalue weighted by molar-refractivity contribution is 7.81. The van der Waals surface area contributed by atoms with Gasteiger partial charge in [-0.1, -0.05) is 23.7 Å². The first kappa shape index (κ1) is 27.1. The number of likely N-dealkylation sites (tertiary alicyclic amines) is 1. The van der Waals surface area contributed by atoms with Crippen LogP contribution in [0.1, 0.15) is 21.8 Å². The van der Waals surface area contributed by atoms with Crippen LogP contribution >= 0.6 is 24.2 Å². The first-order valence-electron chi connectivity index (χ1n) is 12.3. The number of hydrogen-bond acceptors (Lipinski definition) is 6. The second-order valence-electron chi connectivity index (χ2n) is 9.83. The molecule has 0 aliphatic carbocycles. The molecule has 1 amide bonds. The average molecular weight is 569 g/mol. The molecule has 4 aromatic rings. The van der Waals surface area contributed by atoms with Crippen LogP contribution in [0.2, 0.25) is 5.02 Å². The number of amides is 1. The van der Waals surface area contributed by atoms with E-state index in [1.165, 1.54) is 18.2 Å². The summed E-state index contributed by atoms with van der Waals surface area (Å²) < 4.78 is 30.7. The normalized spacial score (nSPS) is 19.7. The van der Waals surface area contributed by atoms with E-state index in [9.17, 15) is 9.18 Å². The van der Waals surface area contributed by atoms with Gasteiger partial charge in [0.05, 0.1) is 22.8 Å². The van der Waals surface area contributed by atoms with Crippen molar-refractivity contribution < 1.29 is 13.6 Å². The molecule has 3 N–H and O–H groups in total. The zero-order valence-electron chi connectivity index (χ0n) is 21.3. The topological polar surface area (TPSA) is 89.1 Å². The Kier molecular flexibility index (Phi) is 7.61. The molecule has 39 heavy (non-hydrogen) atoms. The molecule has 202 valence electrons. The summed E-state index contributed by atoms with van der Waals surface area (Å²) in [5, 5.41) is 6.85. The second-order valence-corrected chi connectivity index (χ2v) is 10.8. The highest BCUT2D eigenvalue weighted by Crippen LogP contribution is 2.34. The van der Waals surface area contributed by atoms with Crippen molar-refractivity contribution in [3.8, 4) is 22.3 Å². The van der Waals surface area contributed by atoms with Crippen molar-refractivity contribution in [3.05, 3.63) is 88.8 Å². The Morgan fingerprint density at radius 3 is 2.54 bits per heavy atom. The number of benzene rings is 2. The summed E-state index contributed by atoms with van der Waals surface area (Å²) >= 11 is 10.8. The predicted octanol–water partition coefficient (Wildman–Crippen LogP) is 4.79. The minimum atomic E-state index is -0.682. The van der Waals surface area contributed by atoms with Gasteiger partial charge in [0.15, 0.2) is 0 Å². The third kappa shape index (κ3) is 5.63. The Balaban J connectivity index is 1.36. The molecule has 5 rings (SSSR count). The van der Waals surface area contributed by atoms with E-state index in [0.29, 0.717) is 24.2 Å². The van der Waals surface area contributed by atoms with E-state index in [2.05, 4.69) is 15.4 Å². The number of hydrogen-bond donors (Lipinski definition) is 3. The number of halogens is 3. The van der Waals surface area contributed by atoms with E-state index in [0.717, 1.165) is 16.7 Å². The van der Waals surface area contributed by atoms with Gasteiger partial charge in [-0.2, -0.15) is 17.7 Å². The molecule has 3 atom stereocenters. The Morgan fingerprint density at radius 1 is 1.05 bits per heavy atom. The highest BCUT2D eigenvalue weighted by Gasteiger charge is 2.36. The Bertz CT molecular complexity index is 1550. The molecule has 1 fully saturated rings. The van der Waals surface area contributed by atoms with E-state index in [4.69, 9.17) is 30.0 Å². The molecule has 0 spiro atoms. The van der Waals surface area contributed by atoms with Crippen molar-refractivity contribution in [2.45, 2.75) is 17.2 Å². The van der Waals surface area contributed by atoms with Crippen LogP contribution in [0.3, 0.4) is 0 Å². The molecule has 0 radical (unpaired) electrons. The van der Waals surface area contributed by atoms with Gasteiger partial charge in [-0.25, -0.2) is 13.8 Å². The van der Waals surface area contributed by atoms with Gasteiger partial charge in [0.2, 0.25) is 0 Å². The zero-order chi connectivity index (χ0) is 27.8. The van der Waals surface area contributed by atoms with Crippen LogP contribution in [-0.2, 0) is 7.05 Å². The maximum atomic E-state index is 15.3. The summed E-state index contributed by atoms with van der Waals surface area (Å²) in [6, 6.07) is 10.4. The number of nitrogens with two attached hydrogens (primary N) is 1. The van der Waals surface area contributed by atoms with Gasteiger partial charge < -0.3 is 16.0 Å². The number of anilines is 1. The number of piperidine rings is 1. The number of pyridine rings is 1. The van der Waals surface area contributed by atoms with Crippen LogP contribution in [0.25, 0.3) is 22.3 Å². The molecule has 1 aliphatic rings. The smallest absolute Gasteiger partial charge is 0.254 e. The molecule has 3 heterocycles. The van der Waals surface area contributed by atoms with Crippen molar-refractivity contribution in [1.29, 1.82) is 0 Å². The number of aryl methyl sites for hydroxylation is 1. The SMILES string of the molecule is CN1C[C@@H](NC(=O)c2ccc(-c3cc(-c4cnn(C)c4)cnc3N)cc2F)C(S)[C@H](c2ccc(F)c(Cl)c2)C1. The number of likely N-dealkylation sites (N-methyl/N-ethyl adjacent to an activating group) is 1. The zero-order valence-corrected chi connectivity index (χ0v) is 22.9. The van der Waals surface area contributed by atoms with Crippen LogP contribution in [0.15, 0.2) is 61.1 Å². The summed E-state index contributed by atoms with van der Waals surface area (Å²) in [6.07, 6.45) is 5.19. The molecule has 1 unspecified atom stereocenters. The van der Waals surface area contributed by atoms with Crippen molar-refractivity contribution in [2.24, 2.45) is 7.05 Å². The molecular formula is C28H27ClF2N6OS. The average Bonchev–Trinajstić information content (AvgIpc) is 3.34. The van der Waals surface area contributed by atoms with Crippen molar-refractivity contribution in [2.75, 3.05) is 25.9 Å². The fourth-order valence-electron chi connectivity index (χ4n) is 4.97. The standard InChI is InChI=1S/C28H27ClF2N6OS/c1-36-13-21(15-4-6-23(30)22(29)8-15)26(39)25(14-36)35-28(38)19-5-3-16(9-24(19)31)20-7-17(10-33-27(20)32)18-11-34-37(2)12-18/h3-12,21,25-26,39H,13-14H2,1-2H3,(H2,32,33)(H,35,38)/t21-,25+,26?/m0/s1. The number of carbonyl (C=O) groups is 1. The molecule has 2 aromatic heterocycles. The van der Waals surface area contributed by atoms with Gasteiger partial charge in [-0.3, -0.25) is 9.48 Å². The van der Waals surface area contributed by atoms with Crippen LogP contribution in [-0.4, -0.2) is 57.0 Å². The lowest BCUT2D eigenvalue weighted by atomic mass is 9.87. The summed E-state index contributed by atoms with van der Waals surface area (Å²) in [7, 11) is 3.73. The van der Waals surface area contributed by atoms with Gasteiger partial charge in [0.25, 0.3) is 5.91 Å². The van der Waals surface area contributed by atoms with E-state index in [-0.39, 0.29) is 33.6 Å². The quantitative estimate of drug-likeness (QED) is 0.301. The fraction of sp³-hybridized carbons (Fsp3) is 0.250. The van der Waals surface area contributed by atoms with Crippen LogP contribution in [0, 0.1) is 11.6 Å². The summed E-state index contributed by atoms with van der Waals surface area (Å²) in [6.45, 7) is 1.17. The second kappa shape index (κ2) is 11.0. The molecule has 1 aliphatic heterocycles. The molecular weight excluding hydrogens is 542 g/mol. The fourth-order valence-corrected chi connectivity index (χ4v) is 5.59. The summed E-state index contributed by atoms with van der Waals surface area (Å²) in [5.74, 6) is -1.60. The van der Waals surface area contributed by atoms with Crippen molar-refractivity contribution in [3.63, 3.8) is 0 Å². The monoisotopic (exact) mass is 568 g/mol. The molecule has 0 bridgehead atoms. The van der Waals surface area contributed by atoms with Gasteiger partial charge in [-0.15, -0.1) is 0 Å². The van der Waals surface area contributed by atoms with Crippen molar-refractivity contribution in [1.82, 2.24) is 25.0 Å². The minimum absolute atomic E-state index is 0.0332. The summed E-state index contributed by atoms with van der Waals surface area (Å²) in [4.78, 5) is 19.5. The maximum absolute atomic E-state index is 15.3. The van der Waals surface area contributed by atoms with Gasteiger partial charge >= 0.3 is 0 Å². The van der Waals surface area contributed by atoms with Crippen LogP contribution in [0.4, 0.5) is 14.6 Å². The van der Waals surface area contributed by atoms with E-state index in [1.807, 2.05) is 31.3 Å². The lowest BCUT2D eigenvalue weighted by molar-refractivity contribution is 0.0905. The first-order chi connectivity index (χ1) is 18.6. The van der Waals surface area contributed by atoms with Gasteiger partial charge in [0, 0.05) is 60.4 Å². The maximum Gasteiger partial charge on any atom is 0.254 e. The lowest BCUT2D eigenvalue weighted by Gasteiger charge is -2.41. The van der Waals surface area contributed by atoms with Gasteiger partial charge in [-0.05, 0) is 48.5 Å². The van der Waals surface area contributed by atoms with Crippen molar-refractivity contribution >= 4 is 36.0 Å². The molecule has 2 aromatic carbocycles. The molecule has 1 saturated heterocycles. The predicted molar refractivity (Wildman–Crippen MR) is 152 cm³/mol. The third-order valence-corrected chi connectivity index (χ3v) is 8.02. The Hall–Kier alpha value is -3.47. The minimum Gasteiger partial charge on any atom is -0.383 e. The first-order valence-corrected chi connectivity index (χ1v) is 13.2. The number of carbonyl (C=O) groups excluding carboxylic acids is 1. The number of aromatic nitrogens is 3. The largest absolute Gasteiger partial charge is 0.383 e. The number of rotatable bonds is 5. The number of nitrogens with zero attached hydrogens (tertiary/aromatic N) is 4. The Morgan fingerprint density at radius 2 is 1.85 bits per heavy atom. The van der Waals surface area contributed by atoms with Crippen LogP contribution in [0.5, 0.6) is 0 Å². The molecule has 11 heteroatoms. The van der Waals surface area contributed by atoms with E-state index < -0.39 is 17.5 Å². The molecule has 7 nitrogen and oxygen atoms in total. The Labute approximate surface area is 235 Å². The van der Waals surface area contributed by atoms with Gasteiger partial charge in [0.1, 0.15) is 17.5 Å². The number of thiol groups is 1. The lowest BCUT2D eigenvalue weighted by Crippen LogP contribution is -2.55. The van der Waals surface area contributed by atoms with E-state index >= 15 is 4.39 Å². The number of nitrogens with one attached hydrogen (secondary N) is 1. The number of nitrogen functional groups attached to an aromatic ring is 1. The highest BCUT2D eigenvalue weighted by atomic mass is 35.5. The van der Waals surface area contributed by atoms with Crippen LogP contribution < -0.4 is 11.1 Å². The van der Waals surface area contributed by atoms with E-state index in [1.54, 1.807) is 35.3 Å².